The summed E-state index contributed by atoms with van der Waals surface area (Å²) in [5, 5.41) is 53.7. The van der Waals surface area contributed by atoms with E-state index in [2.05, 4.69) is 19.2 Å². The van der Waals surface area contributed by atoms with Gasteiger partial charge in [0, 0.05) is 6.42 Å². The Morgan fingerprint density at radius 2 is 1.04 bits per heavy atom. The molecule has 284 valence electrons. The molecular formula is C38H73NO9. The first-order valence-corrected chi connectivity index (χ1v) is 19.7. The monoisotopic (exact) mass is 688 g/mol. The maximum Gasteiger partial charge on any atom is 0.335 e. The van der Waals surface area contributed by atoms with Gasteiger partial charge in [-0.05, 0) is 12.8 Å². The van der Waals surface area contributed by atoms with Crippen LogP contribution in [0.3, 0.4) is 0 Å². The maximum absolute atomic E-state index is 12.8. The smallest absolute Gasteiger partial charge is 0.335 e. The van der Waals surface area contributed by atoms with Gasteiger partial charge in [0.15, 0.2) is 12.4 Å². The summed E-state index contributed by atoms with van der Waals surface area (Å²) in [5.74, 6) is -1.70. The predicted molar refractivity (Wildman–Crippen MR) is 190 cm³/mol. The van der Waals surface area contributed by atoms with Crippen LogP contribution >= 0.6 is 0 Å². The fourth-order valence-electron chi connectivity index (χ4n) is 6.44. The van der Waals surface area contributed by atoms with Crippen molar-refractivity contribution in [3.63, 3.8) is 0 Å². The Balaban J connectivity index is 2.46. The van der Waals surface area contributed by atoms with Crippen LogP contribution in [0.5, 0.6) is 0 Å². The van der Waals surface area contributed by atoms with E-state index in [0.29, 0.717) is 12.8 Å². The van der Waals surface area contributed by atoms with E-state index in [9.17, 15) is 35.1 Å². The first-order valence-electron chi connectivity index (χ1n) is 19.7. The quantitative estimate of drug-likeness (QED) is 0.0412. The van der Waals surface area contributed by atoms with Crippen LogP contribution in [0.25, 0.3) is 0 Å². The fraction of sp³-hybridized carbons (Fsp3) is 0.947. The highest BCUT2D eigenvalue weighted by Gasteiger charge is 2.47. The number of aliphatic hydroxyl groups excluding tert-OH is 4. The second-order valence-electron chi connectivity index (χ2n) is 14.1. The summed E-state index contributed by atoms with van der Waals surface area (Å²) in [6.07, 6.45) is 20.1. The molecule has 0 saturated carbocycles. The van der Waals surface area contributed by atoms with Crippen molar-refractivity contribution >= 4 is 11.9 Å². The first kappa shape index (κ1) is 44.7. The molecule has 0 aliphatic carbocycles. The Bertz CT molecular complexity index is 785. The van der Waals surface area contributed by atoms with E-state index < -0.39 is 48.8 Å². The van der Waals surface area contributed by atoms with Crippen molar-refractivity contribution in [2.24, 2.45) is 0 Å². The summed E-state index contributed by atoms with van der Waals surface area (Å²) in [7, 11) is 0. The van der Waals surface area contributed by atoms with E-state index in [1.807, 2.05) is 0 Å². The minimum absolute atomic E-state index is 0.201. The zero-order valence-corrected chi connectivity index (χ0v) is 30.5. The maximum atomic E-state index is 12.8. The summed E-state index contributed by atoms with van der Waals surface area (Å²) in [6.45, 7) is 4.22. The molecular weight excluding hydrogens is 614 g/mol. The number of amides is 1. The molecule has 0 aromatic heterocycles. The van der Waals surface area contributed by atoms with E-state index in [1.54, 1.807) is 0 Å². The molecule has 0 unspecified atom stereocenters. The Morgan fingerprint density at radius 3 is 1.48 bits per heavy atom. The molecule has 0 bridgehead atoms. The number of rotatable bonds is 32. The molecule has 7 atom stereocenters. The molecule has 1 fully saturated rings. The lowest BCUT2D eigenvalue weighted by atomic mass is 9.99. The van der Waals surface area contributed by atoms with Gasteiger partial charge in [-0.3, -0.25) is 4.79 Å². The third-order valence-corrected chi connectivity index (χ3v) is 9.67. The number of nitrogens with one attached hydrogen (secondary N) is 1. The number of unbranched alkanes of at least 4 members (excludes halogenated alkanes) is 22. The van der Waals surface area contributed by atoms with E-state index in [4.69, 9.17) is 9.47 Å². The lowest BCUT2D eigenvalue weighted by Gasteiger charge is -2.39. The van der Waals surface area contributed by atoms with Gasteiger partial charge in [0.1, 0.15) is 18.3 Å². The highest BCUT2D eigenvalue weighted by atomic mass is 16.7. The van der Waals surface area contributed by atoms with Crippen molar-refractivity contribution in [1.29, 1.82) is 0 Å². The van der Waals surface area contributed by atoms with Crippen LogP contribution in [0.4, 0.5) is 0 Å². The number of aliphatic carboxylic acids is 1. The molecule has 0 spiro atoms. The van der Waals surface area contributed by atoms with Crippen molar-refractivity contribution in [3.05, 3.63) is 0 Å². The normalized spacial score (nSPS) is 22.4. The second-order valence-corrected chi connectivity index (χ2v) is 14.1. The molecule has 0 aromatic carbocycles. The third-order valence-electron chi connectivity index (χ3n) is 9.67. The Kier molecular flexibility index (Phi) is 27.4. The molecule has 1 heterocycles. The summed E-state index contributed by atoms with van der Waals surface area (Å²) in [5.41, 5.74) is 0. The highest BCUT2D eigenvalue weighted by Crippen LogP contribution is 2.23. The average molecular weight is 688 g/mol. The Morgan fingerprint density at radius 1 is 0.625 bits per heavy atom. The van der Waals surface area contributed by atoms with Crippen LogP contribution in [-0.2, 0) is 19.1 Å². The van der Waals surface area contributed by atoms with Crippen molar-refractivity contribution < 1.29 is 44.6 Å². The van der Waals surface area contributed by atoms with Gasteiger partial charge in [-0.2, -0.15) is 0 Å². The van der Waals surface area contributed by atoms with Crippen LogP contribution in [0.1, 0.15) is 181 Å². The molecule has 1 rings (SSSR count). The van der Waals surface area contributed by atoms with Crippen LogP contribution in [0.15, 0.2) is 0 Å². The molecule has 10 heteroatoms. The van der Waals surface area contributed by atoms with E-state index in [1.165, 1.54) is 116 Å². The number of aliphatic hydroxyl groups is 4. The molecule has 10 nitrogen and oxygen atoms in total. The second kappa shape index (κ2) is 29.4. The number of carbonyl (C=O) groups is 2. The Hall–Kier alpha value is -1.30. The summed E-state index contributed by atoms with van der Waals surface area (Å²) in [4.78, 5) is 24.3. The lowest BCUT2D eigenvalue weighted by molar-refractivity contribution is -0.295. The third kappa shape index (κ3) is 21.0. The van der Waals surface area contributed by atoms with Gasteiger partial charge in [-0.1, -0.05) is 162 Å². The number of carboxylic acid groups (broad SMARTS) is 1. The van der Waals surface area contributed by atoms with Gasteiger partial charge in [0.05, 0.1) is 18.8 Å². The van der Waals surface area contributed by atoms with Crippen LogP contribution in [-0.4, -0.2) is 86.9 Å². The van der Waals surface area contributed by atoms with E-state index in [-0.39, 0.29) is 12.5 Å². The standard InChI is InChI=1S/C38H73NO9/c1-3-5-7-9-11-13-15-16-18-19-21-23-25-27-31(40)30(29-47-38-35(44)33(42)34(43)36(48-38)37(45)46)39-32(41)28-26-24-22-20-17-14-12-10-8-6-4-2/h30-31,33-36,38,40,42-44H,3-29H2,1-2H3,(H,39,41)(H,45,46)/t30-,31+,33-,34-,35+,36-,38+/m0/s1. The molecule has 1 amide bonds. The SMILES string of the molecule is CCCCCCCCCCCCCCC[C@@H](O)[C@H](CO[C@@H]1O[C@H](C(=O)O)[C@@H](O)[C@H](O)[C@H]1O)NC(=O)CCCCCCCCCCCCC. The molecule has 6 N–H and O–H groups in total. The van der Waals surface area contributed by atoms with E-state index in [0.717, 1.165) is 38.5 Å². The molecule has 0 aromatic rings. The van der Waals surface area contributed by atoms with Gasteiger partial charge in [-0.15, -0.1) is 0 Å². The molecule has 1 saturated heterocycles. The lowest BCUT2D eigenvalue weighted by Crippen LogP contribution is -2.61. The fourth-order valence-corrected chi connectivity index (χ4v) is 6.44. The number of hydrogen-bond donors (Lipinski definition) is 6. The highest BCUT2D eigenvalue weighted by molar-refractivity contribution is 5.76. The van der Waals surface area contributed by atoms with Gasteiger partial charge in [0.2, 0.25) is 5.91 Å². The molecule has 0 radical (unpaired) electrons. The molecule has 1 aliphatic rings. The predicted octanol–water partition coefficient (Wildman–Crippen LogP) is 6.92. The Labute approximate surface area is 291 Å². The zero-order valence-electron chi connectivity index (χ0n) is 30.5. The van der Waals surface area contributed by atoms with Crippen molar-refractivity contribution in [3.8, 4) is 0 Å². The largest absolute Gasteiger partial charge is 0.479 e. The molecule has 48 heavy (non-hydrogen) atoms. The number of ether oxygens (including phenoxy) is 2. The topological polar surface area (TPSA) is 166 Å². The van der Waals surface area contributed by atoms with Gasteiger partial charge in [0.25, 0.3) is 0 Å². The minimum atomic E-state index is -1.82. The van der Waals surface area contributed by atoms with Crippen molar-refractivity contribution in [2.45, 2.75) is 224 Å². The van der Waals surface area contributed by atoms with Crippen LogP contribution in [0, 0.1) is 0 Å². The van der Waals surface area contributed by atoms with Gasteiger partial charge >= 0.3 is 5.97 Å². The minimum Gasteiger partial charge on any atom is -0.479 e. The number of hydrogen-bond acceptors (Lipinski definition) is 8. The zero-order chi connectivity index (χ0) is 35.4. The van der Waals surface area contributed by atoms with Gasteiger partial charge < -0.3 is 40.3 Å². The van der Waals surface area contributed by atoms with Crippen molar-refractivity contribution in [1.82, 2.24) is 5.32 Å². The van der Waals surface area contributed by atoms with E-state index >= 15 is 0 Å². The number of carbonyl (C=O) groups excluding carboxylic acids is 1. The molecule has 1 aliphatic heterocycles. The number of carboxylic acids is 1. The summed E-state index contributed by atoms with van der Waals surface area (Å²) >= 11 is 0. The first-order chi connectivity index (χ1) is 23.2. The summed E-state index contributed by atoms with van der Waals surface area (Å²) < 4.78 is 10.9. The van der Waals surface area contributed by atoms with Crippen LogP contribution < -0.4 is 5.32 Å². The average Bonchev–Trinajstić information content (AvgIpc) is 3.07. The van der Waals surface area contributed by atoms with Crippen molar-refractivity contribution in [2.75, 3.05) is 6.61 Å². The van der Waals surface area contributed by atoms with Crippen LogP contribution in [0.2, 0.25) is 0 Å². The summed E-state index contributed by atoms with van der Waals surface area (Å²) in [6, 6.07) is -0.800. The van der Waals surface area contributed by atoms with Gasteiger partial charge in [-0.25, -0.2) is 4.79 Å².